The van der Waals surface area contributed by atoms with Crippen LogP contribution in [0.25, 0.3) is 0 Å². The number of alkyl halides is 1. The first-order valence-electron chi connectivity index (χ1n) is 10.8. The number of rotatable bonds is 11. The Kier molecular flexibility index (Phi) is 8.70. The zero-order valence-corrected chi connectivity index (χ0v) is 18.1. The lowest BCUT2D eigenvalue weighted by Gasteiger charge is -2.19. The lowest BCUT2D eigenvalue weighted by atomic mass is 9.87. The molecular weight excluding hydrogens is 376 g/mol. The lowest BCUT2D eigenvalue weighted by Crippen LogP contribution is -2.10. The predicted molar refractivity (Wildman–Crippen MR) is 123 cm³/mol. The second-order valence-electron chi connectivity index (χ2n) is 7.72. The molecule has 1 aromatic heterocycles. The van der Waals surface area contributed by atoms with Gasteiger partial charge in [0.05, 0.1) is 0 Å². The number of unbranched alkanes of at least 4 members (excludes halogenated alkanes) is 2. The molecule has 0 amide bonds. The van der Waals surface area contributed by atoms with Crippen LogP contribution in [0.3, 0.4) is 0 Å². The van der Waals surface area contributed by atoms with E-state index in [1.54, 1.807) is 0 Å². The summed E-state index contributed by atoms with van der Waals surface area (Å²) in [5, 5.41) is 0.0378. The van der Waals surface area contributed by atoms with Crippen LogP contribution in [0.4, 0.5) is 0 Å². The van der Waals surface area contributed by atoms with Crippen LogP contribution in [0.1, 0.15) is 67.5 Å². The minimum atomic E-state index is 0.0378. The van der Waals surface area contributed by atoms with Crippen molar-refractivity contribution in [2.24, 2.45) is 0 Å². The van der Waals surface area contributed by atoms with E-state index in [9.17, 15) is 0 Å². The fraction of sp³-hybridized carbons (Fsp3) is 0.385. The van der Waals surface area contributed by atoms with E-state index in [-0.39, 0.29) is 5.38 Å². The van der Waals surface area contributed by atoms with Crippen molar-refractivity contribution in [3.05, 3.63) is 95.6 Å². The number of aryl methyl sites for hydroxylation is 1. The van der Waals surface area contributed by atoms with Crippen LogP contribution in [0.5, 0.6) is 0 Å². The van der Waals surface area contributed by atoms with Crippen molar-refractivity contribution in [1.82, 2.24) is 9.97 Å². The quantitative estimate of drug-likeness (QED) is 0.254. The highest BCUT2D eigenvalue weighted by Crippen LogP contribution is 2.30. The van der Waals surface area contributed by atoms with Gasteiger partial charge in [0.2, 0.25) is 0 Å². The van der Waals surface area contributed by atoms with Gasteiger partial charge in [-0.15, -0.1) is 11.6 Å². The maximum Gasteiger partial charge on any atom is 0.129 e. The standard InChI is InChI=1S/C26H31ClN2/c1-2-3-6-11-21-19-28-26(29-20-21)18-24(27)16-17-25(22-12-7-4-8-13-22)23-14-9-5-10-15-23/h4-5,7-10,12-15,19-20,24-25H,2-3,6,11,16-18H2,1H3. The van der Waals surface area contributed by atoms with Gasteiger partial charge < -0.3 is 0 Å². The largest absolute Gasteiger partial charge is 0.241 e. The number of halogens is 1. The number of aromatic nitrogens is 2. The molecule has 29 heavy (non-hydrogen) atoms. The van der Waals surface area contributed by atoms with Crippen LogP contribution in [0, 0.1) is 0 Å². The van der Waals surface area contributed by atoms with Gasteiger partial charge in [0.1, 0.15) is 5.82 Å². The fourth-order valence-corrected chi connectivity index (χ4v) is 4.00. The van der Waals surface area contributed by atoms with E-state index in [1.165, 1.54) is 36.0 Å². The Morgan fingerprint density at radius 2 is 1.38 bits per heavy atom. The minimum absolute atomic E-state index is 0.0378. The average molecular weight is 407 g/mol. The molecule has 0 N–H and O–H groups in total. The Labute approximate surface area is 180 Å². The third kappa shape index (κ3) is 6.97. The second kappa shape index (κ2) is 11.7. The maximum absolute atomic E-state index is 6.70. The third-order valence-electron chi connectivity index (χ3n) is 5.40. The van der Waals surface area contributed by atoms with Crippen molar-refractivity contribution in [1.29, 1.82) is 0 Å². The summed E-state index contributed by atoms with van der Waals surface area (Å²) >= 11 is 6.70. The Morgan fingerprint density at radius 3 is 1.93 bits per heavy atom. The Morgan fingerprint density at radius 1 is 0.793 bits per heavy atom. The van der Waals surface area contributed by atoms with Crippen molar-refractivity contribution >= 4 is 11.6 Å². The summed E-state index contributed by atoms with van der Waals surface area (Å²) in [7, 11) is 0. The van der Waals surface area contributed by atoms with E-state index in [4.69, 9.17) is 11.6 Å². The van der Waals surface area contributed by atoms with Crippen LogP contribution >= 0.6 is 11.6 Å². The molecule has 3 aromatic rings. The van der Waals surface area contributed by atoms with Gasteiger partial charge in [-0.2, -0.15) is 0 Å². The van der Waals surface area contributed by atoms with Crippen LogP contribution in [0.15, 0.2) is 73.1 Å². The van der Waals surface area contributed by atoms with E-state index < -0.39 is 0 Å². The maximum atomic E-state index is 6.70. The van der Waals surface area contributed by atoms with E-state index >= 15 is 0 Å². The number of benzene rings is 2. The molecule has 1 heterocycles. The zero-order chi connectivity index (χ0) is 20.3. The smallest absolute Gasteiger partial charge is 0.129 e. The highest BCUT2D eigenvalue weighted by atomic mass is 35.5. The normalized spacial score (nSPS) is 12.2. The van der Waals surface area contributed by atoms with Gasteiger partial charge in [0.25, 0.3) is 0 Å². The Balaban J connectivity index is 1.57. The average Bonchev–Trinajstić information content (AvgIpc) is 2.77. The van der Waals surface area contributed by atoms with E-state index in [1.807, 2.05) is 12.4 Å². The fourth-order valence-electron chi connectivity index (χ4n) is 3.74. The molecule has 3 rings (SSSR count). The second-order valence-corrected chi connectivity index (χ2v) is 8.33. The Hall–Kier alpha value is -2.19. The van der Waals surface area contributed by atoms with Crippen LogP contribution in [-0.2, 0) is 12.8 Å². The van der Waals surface area contributed by atoms with E-state index in [2.05, 4.69) is 77.6 Å². The van der Waals surface area contributed by atoms with Crippen molar-refractivity contribution in [2.45, 2.75) is 63.2 Å². The molecule has 0 aliphatic carbocycles. The van der Waals surface area contributed by atoms with Crippen LogP contribution in [-0.4, -0.2) is 15.3 Å². The van der Waals surface area contributed by atoms with E-state index in [0.717, 1.165) is 25.1 Å². The summed E-state index contributed by atoms with van der Waals surface area (Å²) in [5.41, 5.74) is 3.91. The van der Waals surface area contributed by atoms with Gasteiger partial charge in [0, 0.05) is 30.1 Å². The minimum Gasteiger partial charge on any atom is -0.241 e. The van der Waals surface area contributed by atoms with E-state index in [0.29, 0.717) is 12.3 Å². The predicted octanol–water partition coefficient (Wildman–Crippen LogP) is 6.97. The lowest BCUT2D eigenvalue weighted by molar-refractivity contribution is 0.621. The Bertz CT molecular complexity index is 779. The molecule has 0 saturated carbocycles. The summed E-state index contributed by atoms with van der Waals surface area (Å²) < 4.78 is 0. The van der Waals surface area contributed by atoms with Gasteiger partial charge in [0.15, 0.2) is 0 Å². The molecule has 2 aromatic carbocycles. The van der Waals surface area contributed by atoms with Crippen molar-refractivity contribution < 1.29 is 0 Å². The van der Waals surface area contributed by atoms with Crippen molar-refractivity contribution in [3.63, 3.8) is 0 Å². The number of hydrogen-bond acceptors (Lipinski definition) is 2. The molecule has 0 bridgehead atoms. The summed E-state index contributed by atoms with van der Waals surface area (Å²) in [5.74, 6) is 1.21. The van der Waals surface area contributed by atoms with Crippen LogP contribution < -0.4 is 0 Å². The summed E-state index contributed by atoms with van der Waals surface area (Å²) in [6, 6.07) is 21.4. The van der Waals surface area contributed by atoms with Gasteiger partial charge in [-0.05, 0) is 42.4 Å². The summed E-state index contributed by atoms with van der Waals surface area (Å²) in [4.78, 5) is 9.09. The molecule has 0 fully saturated rings. The molecular formula is C26H31ClN2. The highest BCUT2D eigenvalue weighted by Gasteiger charge is 2.17. The molecule has 3 heteroatoms. The molecule has 0 aliphatic heterocycles. The van der Waals surface area contributed by atoms with Crippen LogP contribution in [0.2, 0.25) is 0 Å². The molecule has 1 unspecified atom stereocenters. The first-order chi connectivity index (χ1) is 14.3. The SMILES string of the molecule is CCCCCc1cnc(CC(Cl)CCC(c2ccccc2)c2ccccc2)nc1. The first kappa shape index (κ1) is 21.5. The van der Waals surface area contributed by atoms with Gasteiger partial charge >= 0.3 is 0 Å². The molecule has 0 saturated heterocycles. The summed E-state index contributed by atoms with van der Waals surface area (Å²) in [6.45, 7) is 2.22. The molecule has 152 valence electrons. The third-order valence-corrected chi connectivity index (χ3v) is 5.78. The van der Waals surface area contributed by atoms with Crippen molar-refractivity contribution in [2.75, 3.05) is 0 Å². The monoisotopic (exact) mass is 406 g/mol. The first-order valence-corrected chi connectivity index (χ1v) is 11.2. The van der Waals surface area contributed by atoms with Gasteiger partial charge in [-0.1, -0.05) is 80.4 Å². The molecule has 2 nitrogen and oxygen atoms in total. The van der Waals surface area contributed by atoms with Gasteiger partial charge in [-0.3, -0.25) is 0 Å². The molecule has 0 radical (unpaired) electrons. The summed E-state index contributed by atoms with van der Waals surface area (Å²) in [6.07, 6.45) is 11.4. The topological polar surface area (TPSA) is 25.8 Å². The highest BCUT2D eigenvalue weighted by molar-refractivity contribution is 6.20. The number of nitrogens with zero attached hydrogens (tertiary/aromatic N) is 2. The molecule has 0 spiro atoms. The zero-order valence-electron chi connectivity index (χ0n) is 17.3. The molecule has 0 aliphatic rings. The van der Waals surface area contributed by atoms with Gasteiger partial charge in [-0.25, -0.2) is 9.97 Å². The van der Waals surface area contributed by atoms with Crippen molar-refractivity contribution in [3.8, 4) is 0 Å². The molecule has 1 atom stereocenters. The number of hydrogen-bond donors (Lipinski definition) is 0.